The lowest BCUT2D eigenvalue weighted by Gasteiger charge is -2.26. The van der Waals surface area contributed by atoms with Crippen LogP contribution in [0.25, 0.3) is 0 Å². The molecule has 0 aromatic rings. The lowest BCUT2D eigenvalue weighted by Crippen LogP contribution is -2.55. The highest BCUT2D eigenvalue weighted by Crippen LogP contribution is 2.28. The van der Waals surface area contributed by atoms with Gasteiger partial charge in [0.15, 0.2) is 0 Å². The van der Waals surface area contributed by atoms with Gasteiger partial charge in [-0.1, -0.05) is 30.8 Å². The van der Waals surface area contributed by atoms with Gasteiger partial charge in [0.25, 0.3) is 0 Å². The van der Waals surface area contributed by atoms with E-state index in [0.29, 0.717) is 17.7 Å². The number of hydrogen-bond donors (Lipinski definition) is 1. The third kappa shape index (κ3) is 6.02. The van der Waals surface area contributed by atoms with E-state index in [-0.39, 0.29) is 30.1 Å². The molecule has 0 rings (SSSR count). The van der Waals surface area contributed by atoms with Gasteiger partial charge in [-0.15, -0.1) is 0 Å². The van der Waals surface area contributed by atoms with E-state index in [0.717, 1.165) is 0 Å². The highest BCUT2D eigenvalue weighted by molar-refractivity contribution is 8.05. The number of unbranched alkanes of at least 4 members (excludes halogenated alkanes) is 2. The first-order valence-corrected chi connectivity index (χ1v) is 10.1. The summed E-state index contributed by atoms with van der Waals surface area (Å²) < 4.78 is 109. The van der Waals surface area contributed by atoms with Gasteiger partial charge in [-0.25, -0.2) is 16.8 Å². The summed E-state index contributed by atoms with van der Waals surface area (Å²) in [6.45, 7) is 2.86. The van der Waals surface area contributed by atoms with Crippen LogP contribution >= 0.6 is 0 Å². The quantitative estimate of drug-likeness (QED) is 0.545. The molecule has 0 saturated carbocycles. The molecule has 0 fully saturated rings. The number of carbonyl (C=O) groups is 1. The van der Waals surface area contributed by atoms with E-state index < -0.39 is 36.7 Å². The van der Waals surface area contributed by atoms with Crippen molar-refractivity contribution in [1.29, 1.82) is 0 Å². The SMILES string of the molecule is CCCCN(CCCC)C(=O)C(F)(F)S(=O)(=O)NS(=O)(=O)C(F)(F)F. The Balaban J connectivity index is 5.64. The molecule has 14 heteroatoms. The number of nitrogens with one attached hydrogen (secondary N) is 1. The maximum absolute atomic E-state index is 13.9. The normalized spacial score (nSPS) is 13.7. The minimum atomic E-state index is -6.62. The molecule has 0 aliphatic heterocycles. The fourth-order valence-corrected chi connectivity index (χ4v) is 3.87. The molecule has 0 aromatic heterocycles. The summed E-state index contributed by atoms with van der Waals surface area (Å²) >= 11 is 0. The Hall–Kier alpha value is -1.02. The molecule has 0 atom stereocenters. The van der Waals surface area contributed by atoms with Crippen LogP contribution in [0.2, 0.25) is 0 Å². The minimum Gasteiger partial charge on any atom is -0.336 e. The molecule has 0 aromatic carbocycles. The summed E-state index contributed by atoms with van der Waals surface area (Å²) in [6.07, 6.45) is 1.46. The maximum Gasteiger partial charge on any atom is 0.512 e. The van der Waals surface area contributed by atoms with Gasteiger partial charge in [-0.2, -0.15) is 22.0 Å². The van der Waals surface area contributed by atoms with Crippen LogP contribution in [0.15, 0.2) is 0 Å². The van der Waals surface area contributed by atoms with Gasteiger partial charge in [0.05, 0.1) is 0 Å². The van der Waals surface area contributed by atoms with Crippen molar-refractivity contribution < 1.29 is 43.6 Å². The fourth-order valence-electron chi connectivity index (χ4n) is 1.56. The minimum absolute atomic E-state index is 0.117. The van der Waals surface area contributed by atoms with Crippen molar-refractivity contribution in [2.45, 2.75) is 50.3 Å². The van der Waals surface area contributed by atoms with E-state index in [4.69, 9.17) is 0 Å². The van der Waals surface area contributed by atoms with Crippen molar-refractivity contribution in [3.05, 3.63) is 0 Å². The Labute approximate surface area is 142 Å². The van der Waals surface area contributed by atoms with Gasteiger partial charge in [0.2, 0.25) is 0 Å². The molecule has 0 aliphatic carbocycles. The van der Waals surface area contributed by atoms with Crippen LogP contribution in [0.3, 0.4) is 0 Å². The Morgan fingerprint density at radius 3 is 1.60 bits per heavy atom. The summed E-state index contributed by atoms with van der Waals surface area (Å²) in [5.74, 6) is -2.28. The van der Waals surface area contributed by atoms with Gasteiger partial charge in [0.1, 0.15) is 0 Å². The van der Waals surface area contributed by atoms with Crippen molar-refractivity contribution in [2.75, 3.05) is 13.1 Å². The number of hydrogen-bond acceptors (Lipinski definition) is 5. The Bertz CT molecular complexity index is 653. The zero-order chi connectivity index (χ0) is 20.1. The summed E-state index contributed by atoms with van der Waals surface area (Å²) in [6, 6.07) is 0. The topological polar surface area (TPSA) is 101 Å². The van der Waals surface area contributed by atoms with Crippen molar-refractivity contribution in [1.82, 2.24) is 9.03 Å². The molecule has 1 amide bonds. The molecule has 0 aliphatic rings. The molecule has 0 saturated heterocycles. The molecule has 0 bridgehead atoms. The van der Waals surface area contributed by atoms with E-state index >= 15 is 0 Å². The van der Waals surface area contributed by atoms with Crippen molar-refractivity contribution >= 4 is 26.0 Å². The standard InChI is InChI=1S/C11H19F5N2O5S2/c1-3-5-7-18(8-6-4-2)9(19)10(12,13)24(20,21)17-25(22,23)11(14,15)16/h17H,3-8H2,1-2H3. The van der Waals surface area contributed by atoms with Gasteiger partial charge in [-0.3, -0.25) is 4.79 Å². The van der Waals surface area contributed by atoms with Crippen LogP contribution in [0.1, 0.15) is 39.5 Å². The fraction of sp³-hybridized carbons (Fsp3) is 0.909. The lowest BCUT2D eigenvalue weighted by molar-refractivity contribution is -0.147. The second kappa shape index (κ2) is 8.58. The average molecular weight is 418 g/mol. The first kappa shape index (κ1) is 24.0. The number of halogens is 5. The largest absolute Gasteiger partial charge is 0.512 e. The summed E-state index contributed by atoms with van der Waals surface area (Å²) in [4.78, 5) is 12.3. The van der Waals surface area contributed by atoms with Crippen LogP contribution in [0, 0.1) is 0 Å². The highest BCUT2D eigenvalue weighted by atomic mass is 32.3. The molecule has 1 N–H and O–H groups in total. The molecule has 150 valence electrons. The number of sulfonamides is 2. The van der Waals surface area contributed by atoms with Crippen LogP contribution in [0.4, 0.5) is 22.0 Å². The maximum atomic E-state index is 13.9. The first-order chi connectivity index (χ1) is 11.1. The summed E-state index contributed by atoms with van der Waals surface area (Å²) in [5.41, 5.74) is -6.14. The van der Waals surface area contributed by atoms with Crippen molar-refractivity contribution in [3.8, 4) is 0 Å². The molecular weight excluding hydrogens is 399 g/mol. The molecule has 0 spiro atoms. The Kier molecular flexibility index (Phi) is 8.23. The lowest BCUT2D eigenvalue weighted by atomic mass is 10.2. The van der Waals surface area contributed by atoms with E-state index in [1.165, 1.54) is 0 Å². The van der Waals surface area contributed by atoms with Gasteiger partial charge >= 0.3 is 36.7 Å². The highest BCUT2D eigenvalue weighted by Gasteiger charge is 2.59. The Morgan fingerprint density at radius 2 is 1.28 bits per heavy atom. The summed E-state index contributed by atoms with van der Waals surface area (Å²) in [5, 5.41) is -5.38. The van der Waals surface area contributed by atoms with E-state index in [2.05, 4.69) is 0 Å². The first-order valence-electron chi connectivity index (χ1n) is 7.15. The second-order valence-electron chi connectivity index (χ2n) is 5.05. The van der Waals surface area contributed by atoms with E-state index in [9.17, 15) is 43.6 Å². The molecule has 0 unspecified atom stereocenters. The van der Waals surface area contributed by atoms with Gasteiger partial charge in [0, 0.05) is 13.1 Å². The van der Waals surface area contributed by atoms with Crippen molar-refractivity contribution in [3.63, 3.8) is 0 Å². The number of amides is 1. The van der Waals surface area contributed by atoms with Crippen LogP contribution < -0.4 is 4.13 Å². The number of alkyl halides is 5. The smallest absolute Gasteiger partial charge is 0.336 e. The van der Waals surface area contributed by atoms with Gasteiger partial charge in [-0.05, 0) is 12.8 Å². The monoisotopic (exact) mass is 418 g/mol. The third-order valence-electron chi connectivity index (χ3n) is 2.96. The number of rotatable bonds is 10. The predicted octanol–water partition coefficient (Wildman–Crippen LogP) is 1.78. The van der Waals surface area contributed by atoms with E-state index in [1.54, 1.807) is 13.8 Å². The number of carbonyl (C=O) groups excluding carboxylic acids is 1. The molecule has 0 radical (unpaired) electrons. The second-order valence-corrected chi connectivity index (χ2v) is 8.71. The molecule has 7 nitrogen and oxygen atoms in total. The van der Waals surface area contributed by atoms with Crippen LogP contribution in [-0.4, -0.2) is 51.5 Å². The average Bonchev–Trinajstić information content (AvgIpc) is 2.44. The third-order valence-corrected chi connectivity index (χ3v) is 6.18. The van der Waals surface area contributed by atoms with Gasteiger partial charge < -0.3 is 4.90 Å². The van der Waals surface area contributed by atoms with E-state index in [1.807, 2.05) is 0 Å². The molecule has 25 heavy (non-hydrogen) atoms. The molecule has 0 heterocycles. The number of nitrogens with zero attached hydrogens (tertiary/aromatic N) is 1. The van der Waals surface area contributed by atoms with Crippen molar-refractivity contribution in [2.24, 2.45) is 0 Å². The Morgan fingerprint density at radius 1 is 0.880 bits per heavy atom. The zero-order valence-corrected chi connectivity index (χ0v) is 15.1. The summed E-state index contributed by atoms with van der Waals surface area (Å²) in [7, 11) is -13.1. The molecular formula is C11H19F5N2O5S2. The van der Waals surface area contributed by atoms with Crippen LogP contribution in [0.5, 0.6) is 0 Å². The zero-order valence-electron chi connectivity index (χ0n) is 13.4. The van der Waals surface area contributed by atoms with Crippen LogP contribution in [-0.2, 0) is 24.8 Å². The predicted molar refractivity (Wildman–Crippen MR) is 78.4 cm³/mol.